The zero-order valence-corrected chi connectivity index (χ0v) is 14.3. The number of nitrogens with one attached hydrogen (secondary N) is 1. The van der Waals surface area contributed by atoms with Crippen LogP contribution in [0.3, 0.4) is 0 Å². The second-order valence-electron chi connectivity index (χ2n) is 4.91. The number of carbonyl (C=O) groups is 1. The molecule has 0 aromatic heterocycles. The average molecular weight is 367 g/mol. The van der Waals surface area contributed by atoms with Gasteiger partial charge in [0.1, 0.15) is 0 Å². The van der Waals surface area contributed by atoms with Gasteiger partial charge in [0, 0.05) is 4.47 Å². The number of rotatable bonds is 4. The first kappa shape index (κ1) is 16.1. The fourth-order valence-corrected chi connectivity index (χ4v) is 2.64. The summed E-state index contributed by atoms with van der Waals surface area (Å²) in [5.41, 5.74) is 2.84. The van der Waals surface area contributed by atoms with Crippen LogP contribution in [0.1, 0.15) is 41.4 Å². The van der Waals surface area contributed by atoms with E-state index in [0.717, 1.165) is 16.5 Å². The third-order valence-electron chi connectivity index (χ3n) is 3.41. The van der Waals surface area contributed by atoms with E-state index in [0.29, 0.717) is 10.6 Å². The summed E-state index contributed by atoms with van der Waals surface area (Å²) < 4.78 is 0.831. The highest BCUT2D eigenvalue weighted by molar-refractivity contribution is 9.10. The van der Waals surface area contributed by atoms with Crippen LogP contribution in [0.15, 0.2) is 46.9 Å². The minimum Gasteiger partial charge on any atom is -0.345 e. The molecule has 0 unspecified atom stereocenters. The standard InChI is InChI=1S/C17H17BrClNO/c1-3-12-4-6-13(7-5-12)11(2)20-17(21)15-10-14(18)8-9-16(15)19/h4-11H,3H2,1-2H3,(H,20,21)/t11-/m0/s1. The Morgan fingerprint density at radius 1 is 1.24 bits per heavy atom. The van der Waals surface area contributed by atoms with Gasteiger partial charge in [0.25, 0.3) is 5.91 Å². The van der Waals surface area contributed by atoms with Crippen molar-refractivity contribution in [1.82, 2.24) is 5.32 Å². The lowest BCUT2D eigenvalue weighted by molar-refractivity contribution is 0.0940. The van der Waals surface area contributed by atoms with E-state index in [1.54, 1.807) is 12.1 Å². The lowest BCUT2D eigenvalue weighted by Gasteiger charge is -2.15. The molecular weight excluding hydrogens is 350 g/mol. The highest BCUT2D eigenvalue weighted by Gasteiger charge is 2.14. The largest absolute Gasteiger partial charge is 0.345 e. The molecule has 0 fully saturated rings. The molecule has 2 aromatic carbocycles. The van der Waals surface area contributed by atoms with Crippen LogP contribution >= 0.6 is 27.5 Å². The Balaban J connectivity index is 2.12. The second-order valence-corrected chi connectivity index (χ2v) is 6.24. The molecule has 0 aliphatic rings. The molecule has 0 aliphatic heterocycles. The summed E-state index contributed by atoms with van der Waals surface area (Å²) in [4.78, 5) is 12.3. The van der Waals surface area contributed by atoms with E-state index in [1.807, 2.05) is 25.1 Å². The van der Waals surface area contributed by atoms with Gasteiger partial charge in [-0.3, -0.25) is 4.79 Å². The Morgan fingerprint density at radius 2 is 1.90 bits per heavy atom. The molecule has 0 aliphatic carbocycles. The van der Waals surface area contributed by atoms with E-state index in [9.17, 15) is 4.79 Å². The maximum atomic E-state index is 12.3. The molecule has 4 heteroatoms. The minimum atomic E-state index is -0.173. The summed E-state index contributed by atoms with van der Waals surface area (Å²) in [5, 5.41) is 3.42. The van der Waals surface area contributed by atoms with Crippen molar-refractivity contribution in [3.63, 3.8) is 0 Å². The van der Waals surface area contributed by atoms with Gasteiger partial charge in [-0.2, -0.15) is 0 Å². The third kappa shape index (κ3) is 4.08. The monoisotopic (exact) mass is 365 g/mol. The Morgan fingerprint density at radius 3 is 2.52 bits per heavy atom. The van der Waals surface area contributed by atoms with Crippen molar-refractivity contribution in [3.8, 4) is 0 Å². The average Bonchev–Trinajstić information content (AvgIpc) is 2.49. The molecule has 0 saturated heterocycles. The number of hydrogen-bond donors (Lipinski definition) is 1. The van der Waals surface area contributed by atoms with Crippen LogP contribution in [0.25, 0.3) is 0 Å². The predicted octanol–water partition coefficient (Wildman–Crippen LogP) is 5.16. The smallest absolute Gasteiger partial charge is 0.253 e. The summed E-state index contributed by atoms with van der Waals surface area (Å²) >= 11 is 9.43. The van der Waals surface area contributed by atoms with Crippen molar-refractivity contribution in [3.05, 3.63) is 68.7 Å². The topological polar surface area (TPSA) is 29.1 Å². The van der Waals surface area contributed by atoms with E-state index in [-0.39, 0.29) is 11.9 Å². The van der Waals surface area contributed by atoms with E-state index < -0.39 is 0 Å². The van der Waals surface area contributed by atoms with Gasteiger partial charge >= 0.3 is 0 Å². The first-order valence-corrected chi connectivity index (χ1v) is 8.03. The first-order valence-electron chi connectivity index (χ1n) is 6.86. The number of halogens is 2. The van der Waals surface area contributed by atoms with Gasteiger partial charge in [0.2, 0.25) is 0 Å². The quantitative estimate of drug-likeness (QED) is 0.796. The van der Waals surface area contributed by atoms with Crippen LogP contribution in [0.5, 0.6) is 0 Å². The summed E-state index contributed by atoms with van der Waals surface area (Å²) in [6.45, 7) is 4.08. The Labute approximate surface area is 138 Å². The molecule has 0 heterocycles. The van der Waals surface area contributed by atoms with Gasteiger partial charge in [-0.05, 0) is 42.7 Å². The normalized spacial score (nSPS) is 12.0. The Kier molecular flexibility index (Phi) is 5.43. The molecule has 1 amide bonds. The maximum Gasteiger partial charge on any atom is 0.253 e. The number of hydrogen-bond acceptors (Lipinski definition) is 1. The number of aryl methyl sites for hydroxylation is 1. The summed E-state index contributed by atoms with van der Waals surface area (Å²) in [7, 11) is 0. The molecule has 1 atom stereocenters. The number of carbonyl (C=O) groups excluding carboxylic acids is 1. The molecule has 21 heavy (non-hydrogen) atoms. The van der Waals surface area contributed by atoms with E-state index >= 15 is 0 Å². The first-order chi connectivity index (χ1) is 10.0. The molecule has 2 nitrogen and oxygen atoms in total. The molecule has 2 rings (SSSR count). The Bertz CT molecular complexity index is 640. The lowest BCUT2D eigenvalue weighted by atomic mass is 10.0. The van der Waals surface area contributed by atoms with Gasteiger partial charge in [0.05, 0.1) is 16.6 Å². The van der Waals surface area contributed by atoms with Crippen LogP contribution in [-0.2, 0) is 6.42 Å². The van der Waals surface area contributed by atoms with Gasteiger partial charge in [-0.25, -0.2) is 0 Å². The predicted molar refractivity (Wildman–Crippen MR) is 90.9 cm³/mol. The van der Waals surface area contributed by atoms with Crippen molar-refractivity contribution in [2.45, 2.75) is 26.3 Å². The van der Waals surface area contributed by atoms with Gasteiger partial charge < -0.3 is 5.32 Å². The maximum absolute atomic E-state index is 12.3. The fraction of sp³-hybridized carbons (Fsp3) is 0.235. The van der Waals surface area contributed by atoms with Gasteiger partial charge in [-0.1, -0.05) is 58.7 Å². The molecule has 1 N–H and O–H groups in total. The zero-order valence-electron chi connectivity index (χ0n) is 12.0. The highest BCUT2D eigenvalue weighted by atomic mass is 79.9. The summed E-state index contributed by atoms with van der Waals surface area (Å²) in [6, 6.07) is 13.4. The van der Waals surface area contributed by atoms with Crippen molar-refractivity contribution in [1.29, 1.82) is 0 Å². The molecule has 2 aromatic rings. The Hall–Kier alpha value is -1.32. The number of benzene rings is 2. The summed E-state index contributed by atoms with van der Waals surface area (Å²) in [6.07, 6.45) is 1.01. The number of amides is 1. The fourth-order valence-electron chi connectivity index (χ4n) is 2.07. The SMILES string of the molecule is CCc1ccc([C@H](C)NC(=O)c2cc(Br)ccc2Cl)cc1. The molecule has 0 saturated carbocycles. The van der Waals surface area contributed by atoms with Crippen LogP contribution in [0.2, 0.25) is 5.02 Å². The van der Waals surface area contributed by atoms with Crippen LogP contribution in [-0.4, -0.2) is 5.91 Å². The van der Waals surface area contributed by atoms with Crippen LogP contribution in [0, 0.1) is 0 Å². The van der Waals surface area contributed by atoms with E-state index in [4.69, 9.17) is 11.6 Å². The summed E-state index contributed by atoms with van der Waals surface area (Å²) in [5.74, 6) is -0.173. The van der Waals surface area contributed by atoms with Gasteiger partial charge in [-0.15, -0.1) is 0 Å². The third-order valence-corrected chi connectivity index (χ3v) is 4.23. The van der Waals surface area contributed by atoms with Crippen molar-refractivity contribution < 1.29 is 4.79 Å². The lowest BCUT2D eigenvalue weighted by Crippen LogP contribution is -2.26. The second kappa shape index (κ2) is 7.10. The van der Waals surface area contributed by atoms with E-state index in [2.05, 4.69) is 40.3 Å². The molecule has 0 radical (unpaired) electrons. The van der Waals surface area contributed by atoms with Crippen LogP contribution < -0.4 is 5.32 Å². The molecule has 110 valence electrons. The van der Waals surface area contributed by atoms with Crippen molar-refractivity contribution in [2.75, 3.05) is 0 Å². The van der Waals surface area contributed by atoms with E-state index in [1.165, 1.54) is 5.56 Å². The minimum absolute atomic E-state index is 0.0709. The molecular formula is C17H17BrClNO. The molecule has 0 bridgehead atoms. The highest BCUT2D eigenvalue weighted by Crippen LogP contribution is 2.22. The van der Waals surface area contributed by atoms with Crippen molar-refractivity contribution in [2.24, 2.45) is 0 Å². The van der Waals surface area contributed by atoms with Crippen LogP contribution in [0.4, 0.5) is 0 Å². The zero-order chi connectivity index (χ0) is 15.4. The van der Waals surface area contributed by atoms with Gasteiger partial charge in [0.15, 0.2) is 0 Å². The molecule has 0 spiro atoms. The van der Waals surface area contributed by atoms with Crippen molar-refractivity contribution >= 4 is 33.4 Å².